The van der Waals surface area contributed by atoms with Gasteiger partial charge in [0.2, 0.25) is 0 Å². The maximum absolute atomic E-state index is 11.7. The topological polar surface area (TPSA) is 51.5 Å². The third-order valence-electron chi connectivity index (χ3n) is 2.93. The summed E-state index contributed by atoms with van der Waals surface area (Å²) in [5.41, 5.74) is 3.07. The van der Waals surface area contributed by atoms with Crippen molar-refractivity contribution in [2.24, 2.45) is 0 Å². The van der Waals surface area contributed by atoms with E-state index >= 15 is 0 Å². The maximum Gasteiger partial charge on any atom is 0.278 e. The van der Waals surface area contributed by atoms with E-state index in [1.165, 1.54) is 19.1 Å². The van der Waals surface area contributed by atoms with Crippen molar-refractivity contribution in [1.29, 1.82) is 0 Å². The first-order valence-electron chi connectivity index (χ1n) is 5.83. The molecule has 1 heterocycles. The summed E-state index contributed by atoms with van der Waals surface area (Å²) in [5.74, 6) is 0.491. The Bertz CT molecular complexity index is 353. The van der Waals surface area contributed by atoms with Gasteiger partial charge in [-0.1, -0.05) is 19.8 Å². The van der Waals surface area contributed by atoms with Crippen LogP contribution in [0.15, 0.2) is 16.7 Å². The van der Waals surface area contributed by atoms with E-state index < -0.39 is 0 Å². The highest BCUT2D eigenvalue weighted by Gasteiger charge is 2.19. The Labute approximate surface area is 94.9 Å². The van der Waals surface area contributed by atoms with Gasteiger partial charge in [0.1, 0.15) is 5.76 Å². The molecule has 0 unspecified atom stereocenters. The van der Waals surface area contributed by atoms with Gasteiger partial charge in [0.25, 0.3) is 5.91 Å². The molecule has 0 aromatic carbocycles. The van der Waals surface area contributed by atoms with Crippen LogP contribution in [0.25, 0.3) is 0 Å². The number of amides is 1. The van der Waals surface area contributed by atoms with Crippen molar-refractivity contribution in [3.8, 4) is 0 Å². The van der Waals surface area contributed by atoms with Crippen LogP contribution in [0.4, 0.5) is 0 Å². The van der Waals surface area contributed by atoms with Crippen LogP contribution in [0.2, 0.25) is 0 Å². The number of rotatable bonds is 4. The van der Waals surface area contributed by atoms with E-state index in [0.29, 0.717) is 17.7 Å². The Morgan fingerprint density at radius 1 is 1.56 bits per heavy atom. The molecule has 16 heavy (non-hydrogen) atoms. The van der Waals surface area contributed by atoms with Crippen molar-refractivity contribution >= 4 is 5.91 Å². The van der Waals surface area contributed by atoms with Crippen molar-refractivity contribution in [3.63, 3.8) is 0 Å². The minimum Gasteiger partial charge on any atom is -0.469 e. The minimum atomic E-state index is -0.211. The van der Waals surface area contributed by atoms with Gasteiger partial charge in [-0.3, -0.25) is 9.63 Å². The van der Waals surface area contributed by atoms with E-state index in [1.807, 2.05) is 6.92 Å². The molecule has 1 fully saturated rings. The third kappa shape index (κ3) is 2.44. The normalized spacial score (nSPS) is 16.6. The van der Waals surface area contributed by atoms with E-state index in [9.17, 15) is 4.79 Å². The summed E-state index contributed by atoms with van der Waals surface area (Å²) in [5, 5.41) is 0. The van der Waals surface area contributed by atoms with Crippen molar-refractivity contribution in [3.05, 3.63) is 23.7 Å². The average molecular weight is 223 g/mol. The fourth-order valence-corrected chi connectivity index (χ4v) is 2.01. The summed E-state index contributed by atoms with van der Waals surface area (Å²) in [6, 6.07) is 1.67. The fraction of sp³-hybridized carbons (Fsp3) is 0.583. The van der Waals surface area contributed by atoms with Gasteiger partial charge >= 0.3 is 0 Å². The molecule has 4 nitrogen and oxygen atoms in total. The molecule has 0 atom stereocenters. The molecule has 1 aliphatic rings. The number of aryl methyl sites for hydroxylation is 1. The van der Waals surface area contributed by atoms with E-state index in [0.717, 1.165) is 12.8 Å². The number of nitrogens with one attached hydrogen (secondary N) is 1. The molecule has 1 saturated carbocycles. The Morgan fingerprint density at radius 2 is 2.31 bits per heavy atom. The van der Waals surface area contributed by atoms with Crippen LogP contribution in [0.1, 0.15) is 48.7 Å². The number of furan rings is 1. The standard InChI is InChI=1S/C12H17NO3/c1-2-11-10(7-8-15-11)12(14)13-16-9-5-3-4-6-9/h7-9H,2-6H2,1H3,(H,13,14). The second kappa shape index (κ2) is 5.16. The summed E-state index contributed by atoms with van der Waals surface area (Å²) in [4.78, 5) is 17.1. The number of carbonyl (C=O) groups is 1. The average Bonchev–Trinajstić information content (AvgIpc) is 2.96. The lowest BCUT2D eigenvalue weighted by Gasteiger charge is -2.10. The molecule has 1 aliphatic carbocycles. The molecule has 4 heteroatoms. The predicted octanol–water partition coefficient (Wildman–Crippen LogP) is 2.45. The lowest BCUT2D eigenvalue weighted by atomic mass is 10.2. The number of hydrogen-bond donors (Lipinski definition) is 1. The smallest absolute Gasteiger partial charge is 0.278 e. The van der Waals surface area contributed by atoms with Gasteiger partial charge in [0.05, 0.1) is 17.9 Å². The highest BCUT2D eigenvalue weighted by Crippen LogP contribution is 2.20. The first-order valence-corrected chi connectivity index (χ1v) is 5.83. The van der Waals surface area contributed by atoms with Gasteiger partial charge in [-0.2, -0.15) is 0 Å². The Kier molecular flexibility index (Phi) is 3.62. The van der Waals surface area contributed by atoms with Crippen LogP contribution in [0.5, 0.6) is 0 Å². The van der Waals surface area contributed by atoms with E-state index in [1.54, 1.807) is 6.07 Å². The Balaban J connectivity index is 1.87. The van der Waals surface area contributed by atoms with Gasteiger partial charge in [0.15, 0.2) is 0 Å². The van der Waals surface area contributed by atoms with Gasteiger partial charge in [0, 0.05) is 6.42 Å². The van der Waals surface area contributed by atoms with Crippen LogP contribution < -0.4 is 5.48 Å². The minimum absolute atomic E-state index is 0.181. The summed E-state index contributed by atoms with van der Waals surface area (Å²) in [7, 11) is 0. The molecule has 88 valence electrons. The second-order valence-corrected chi connectivity index (χ2v) is 4.07. The van der Waals surface area contributed by atoms with Gasteiger partial charge < -0.3 is 4.42 Å². The van der Waals surface area contributed by atoms with Gasteiger partial charge in [-0.25, -0.2) is 5.48 Å². The summed E-state index contributed by atoms with van der Waals surface area (Å²) < 4.78 is 5.19. The third-order valence-corrected chi connectivity index (χ3v) is 2.93. The van der Waals surface area contributed by atoms with E-state index in [4.69, 9.17) is 9.25 Å². The van der Waals surface area contributed by atoms with Crippen LogP contribution in [-0.2, 0) is 11.3 Å². The molecule has 0 spiro atoms. The van der Waals surface area contributed by atoms with Gasteiger partial charge in [-0.05, 0) is 18.9 Å². The van der Waals surface area contributed by atoms with Crippen molar-refractivity contribution < 1.29 is 14.0 Å². The van der Waals surface area contributed by atoms with Crippen LogP contribution in [0, 0.1) is 0 Å². The first kappa shape index (κ1) is 11.2. The van der Waals surface area contributed by atoms with Crippen LogP contribution in [-0.4, -0.2) is 12.0 Å². The zero-order valence-corrected chi connectivity index (χ0v) is 9.49. The second-order valence-electron chi connectivity index (χ2n) is 4.07. The molecular weight excluding hydrogens is 206 g/mol. The number of carbonyl (C=O) groups excluding carboxylic acids is 1. The van der Waals surface area contributed by atoms with E-state index in [2.05, 4.69) is 5.48 Å². The van der Waals surface area contributed by atoms with Crippen molar-refractivity contribution in [1.82, 2.24) is 5.48 Å². The molecule has 0 bridgehead atoms. The predicted molar refractivity (Wildman–Crippen MR) is 58.9 cm³/mol. The molecule has 1 aromatic heterocycles. The Hall–Kier alpha value is -1.29. The van der Waals surface area contributed by atoms with Crippen molar-refractivity contribution in [2.45, 2.75) is 45.1 Å². The molecular formula is C12H17NO3. The molecule has 0 radical (unpaired) electrons. The van der Waals surface area contributed by atoms with Crippen LogP contribution in [0.3, 0.4) is 0 Å². The highest BCUT2D eigenvalue weighted by atomic mass is 16.7. The zero-order valence-electron chi connectivity index (χ0n) is 9.49. The van der Waals surface area contributed by atoms with Crippen molar-refractivity contribution in [2.75, 3.05) is 0 Å². The lowest BCUT2D eigenvalue weighted by molar-refractivity contribution is -0.0125. The van der Waals surface area contributed by atoms with E-state index in [-0.39, 0.29) is 12.0 Å². The summed E-state index contributed by atoms with van der Waals surface area (Å²) in [6.45, 7) is 1.95. The monoisotopic (exact) mass is 223 g/mol. The molecule has 0 aliphatic heterocycles. The molecule has 0 saturated heterocycles. The Morgan fingerprint density at radius 3 is 3.00 bits per heavy atom. The molecule has 1 amide bonds. The quantitative estimate of drug-likeness (QED) is 0.798. The zero-order chi connectivity index (χ0) is 11.4. The van der Waals surface area contributed by atoms with Crippen LogP contribution >= 0.6 is 0 Å². The molecule has 1 N–H and O–H groups in total. The highest BCUT2D eigenvalue weighted by molar-refractivity contribution is 5.94. The summed E-state index contributed by atoms with van der Waals surface area (Å²) >= 11 is 0. The summed E-state index contributed by atoms with van der Waals surface area (Å²) in [6.07, 6.45) is 6.86. The molecule has 1 aromatic rings. The fourth-order valence-electron chi connectivity index (χ4n) is 2.01. The first-order chi connectivity index (χ1) is 7.81. The number of hydroxylamine groups is 1. The number of hydrogen-bond acceptors (Lipinski definition) is 3. The molecule has 2 rings (SSSR count). The maximum atomic E-state index is 11.7. The lowest BCUT2D eigenvalue weighted by Crippen LogP contribution is -2.28. The largest absolute Gasteiger partial charge is 0.469 e. The SMILES string of the molecule is CCc1occc1C(=O)NOC1CCCC1. The van der Waals surface area contributed by atoms with Gasteiger partial charge in [-0.15, -0.1) is 0 Å².